The number of carbonyl (C=O) groups excluding carboxylic acids is 1. The summed E-state index contributed by atoms with van der Waals surface area (Å²) in [5, 5.41) is 8.56. The average Bonchev–Trinajstić information content (AvgIpc) is 2.45. The molecule has 1 heterocycles. The lowest BCUT2D eigenvalue weighted by atomic mass is 10.1. The van der Waals surface area contributed by atoms with E-state index in [1.807, 2.05) is 4.90 Å². The van der Waals surface area contributed by atoms with Gasteiger partial charge in [0.2, 0.25) is 0 Å². The number of benzene rings is 1. The van der Waals surface area contributed by atoms with E-state index in [2.05, 4.69) is 11.0 Å². The molecule has 0 saturated carbocycles. The van der Waals surface area contributed by atoms with Crippen LogP contribution >= 0.6 is 0 Å². The zero-order valence-corrected chi connectivity index (χ0v) is 10.9. The lowest BCUT2D eigenvalue weighted by Crippen LogP contribution is -2.48. The molecule has 1 aromatic rings. The molecule has 0 unspecified atom stereocenters. The molecule has 100 valence electrons. The maximum Gasteiger partial charge on any atom is 0.254 e. The minimum absolute atomic E-state index is 0.0345. The minimum atomic E-state index is 0.0345. The summed E-state index contributed by atoms with van der Waals surface area (Å²) in [7, 11) is 0. The molecule has 1 saturated heterocycles. The molecule has 2 N–H and O–H groups in total. The SMILES string of the molecule is N#CCCN1CCN(C(=O)c2cccc(N)c2)CC1. The first-order valence-electron chi connectivity index (χ1n) is 6.45. The van der Waals surface area contributed by atoms with E-state index in [0.29, 0.717) is 30.8 Å². The molecular formula is C14H18N4O. The number of nitrogen functional groups attached to an aromatic ring is 1. The van der Waals surface area contributed by atoms with Crippen molar-refractivity contribution in [3.63, 3.8) is 0 Å². The van der Waals surface area contributed by atoms with E-state index in [0.717, 1.165) is 19.6 Å². The van der Waals surface area contributed by atoms with Crippen molar-refractivity contribution in [3.05, 3.63) is 29.8 Å². The number of carbonyl (C=O) groups is 1. The van der Waals surface area contributed by atoms with E-state index in [1.54, 1.807) is 24.3 Å². The molecule has 1 fully saturated rings. The van der Waals surface area contributed by atoms with Crippen LogP contribution in [-0.2, 0) is 0 Å². The molecule has 0 radical (unpaired) electrons. The quantitative estimate of drug-likeness (QED) is 0.819. The molecule has 1 amide bonds. The standard InChI is InChI=1S/C14H18N4O/c15-5-2-6-17-7-9-18(10-8-17)14(19)12-3-1-4-13(16)11-12/h1,3-4,11H,2,6-10,16H2. The molecule has 2 rings (SSSR count). The molecule has 0 bridgehead atoms. The van der Waals surface area contributed by atoms with Gasteiger partial charge in [-0.1, -0.05) is 6.07 Å². The van der Waals surface area contributed by atoms with E-state index < -0.39 is 0 Å². The zero-order valence-electron chi connectivity index (χ0n) is 10.9. The normalized spacial score (nSPS) is 16.1. The van der Waals surface area contributed by atoms with Crippen LogP contribution in [0.15, 0.2) is 24.3 Å². The van der Waals surface area contributed by atoms with Crippen LogP contribution in [0.5, 0.6) is 0 Å². The summed E-state index contributed by atoms with van der Waals surface area (Å²) in [4.78, 5) is 16.3. The van der Waals surface area contributed by atoms with Gasteiger partial charge in [-0.15, -0.1) is 0 Å². The molecule has 0 aliphatic carbocycles. The first kappa shape index (κ1) is 13.4. The Morgan fingerprint density at radius 1 is 1.32 bits per heavy atom. The molecular weight excluding hydrogens is 240 g/mol. The Hall–Kier alpha value is -2.06. The second kappa shape index (κ2) is 6.21. The summed E-state index contributed by atoms with van der Waals surface area (Å²) in [6.45, 7) is 3.86. The van der Waals surface area contributed by atoms with Crippen molar-refractivity contribution in [3.8, 4) is 6.07 Å². The summed E-state index contributed by atoms with van der Waals surface area (Å²) in [6.07, 6.45) is 0.545. The second-order valence-electron chi connectivity index (χ2n) is 4.67. The van der Waals surface area contributed by atoms with Crippen LogP contribution in [0.1, 0.15) is 16.8 Å². The van der Waals surface area contributed by atoms with Gasteiger partial charge in [0.15, 0.2) is 0 Å². The summed E-state index contributed by atoms with van der Waals surface area (Å²) in [5.74, 6) is 0.0345. The Labute approximate surface area is 113 Å². The largest absolute Gasteiger partial charge is 0.399 e. The summed E-state index contributed by atoms with van der Waals surface area (Å²) >= 11 is 0. The number of amides is 1. The van der Waals surface area contributed by atoms with Crippen molar-refractivity contribution < 1.29 is 4.79 Å². The van der Waals surface area contributed by atoms with Crippen LogP contribution < -0.4 is 5.73 Å². The maximum atomic E-state index is 12.3. The molecule has 0 spiro atoms. The van der Waals surface area contributed by atoms with Gasteiger partial charge in [-0.2, -0.15) is 5.26 Å². The van der Waals surface area contributed by atoms with Crippen LogP contribution in [0.4, 0.5) is 5.69 Å². The predicted octanol–water partition coefficient (Wildman–Crippen LogP) is 0.940. The number of nitrogens with two attached hydrogens (primary N) is 1. The Kier molecular flexibility index (Phi) is 4.37. The van der Waals surface area contributed by atoms with Gasteiger partial charge in [0.05, 0.1) is 6.07 Å². The van der Waals surface area contributed by atoms with Crippen LogP contribution in [0.25, 0.3) is 0 Å². The van der Waals surface area contributed by atoms with Crippen molar-refractivity contribution in [2.75, 3.05) is 38.5 Å². The van der Waals surface area contributed by atoms with Gasteiger partial charge in [0.25, 0.3) is 5.91 Å². The topological polar surface area (TPSA) is 73.4 Å². The number of hydrogen-bond acceptors (Lipinski definition) is 4. The molecule has 1 aliphatic heterocycles. The van der Waals surface area contributed by atoms with E-state index in [-0.39, 0.29) is 5.91 Å². The Morgan fingerprint density at radius 2 is 2.05 bits per heavy atom. The molecule has 1 aliphatic rings. The number of nitrogens with zero attached hydrogens (tertiary/aromatic N) is 3. The fourth-order valence-electron chi connectivity index (χ4n) is 2.24. The third-order valence-corrected chi connectivity index (χ3v) is 3.33. The number of anilines is 1. The molecule has 5 nitrogen and oxygen atoms in total. The maximum absolute atomic E-state index is 12.3. The fourth-order valence-corrected chi connectivity index (χ4v) is 2.24. The van der Waals surface area contributed by atoms with Crippen molar-refractivity contribution in [1.29, 1.82) is 5.26 Å². The van der Waals surface area contributed by atoms with Gasteiger partial charge < -0.3 is 10.6 Å². The summed E-state index contributed by atoms with van der Waals surface area (Å²) in [6, 6.07) is 9.22. The number of nitriles is 1. The van der Waals surface area contributed by atoms with Gasteiger partial charge >= 0.3 is 0 Å². The minimum Gasteiger partial charge on any atom is -0.399 e. The third-order valence-electron chi connectivity index (χ3n) is 3.33. The third kappa shape index (κ3) is 3.46. The Balaban J connectivity index is 1.91. The Bertz CT molecular complexity index is 486. The van der Waals surface area contributed by atoms with Crippen LogP contribution in [0.3, 0.4) is 0 Å². The number of rotatable bonds is 3. The highest BCUT2D eigenvalue weighted by Gasteiger charge is 2.21. The highest BCUT2D eigenvalue weighted by atomic mass is 16.2. The van der Waals surface area contributed by atoms with E-state index in [9.17, 15) is 4.79 Å². The van der Waals surface area contributed by atoms with Crippen molar-refractivity contribution in [2.24, 2.45) is 0 Å². The van der Waals surface area contributed by atoms with Crippen molar-refractivity contribution in [1.82, 2.24) is 9.80 Å². The van der Waals surface area contributed by atoms with Crippen LogP contribution in [-0.4, -0.2) is 48.4 Å². The number of piperazine rings is 1. The van der Waals surface area contributed by atoms with E-state index in [4.69, 9.17) is 11.0 Å². The zero-order chi connectivity index (χ0) is 13.7. The highest BCUT2D eigenvalue weighted by Crippen LogP contribution is 2.12. The smallest absolute Gasteiger partial charge is 0.254 e. The van der Waals surface area contributed by atoms with Crippen molar-refractivity contribution >= 4 is 11.6 Å². The van der Waals surface area contributed by atoms with E-state index >= 15 is 0 Å². The van der Waals surface area contributed by atoms with Gasteiger partial charge in [-0.3, -0.25) is 9.69 Å². The van der Waals surface area contributed by atoms with Crippen LogP contribution in [0, 0.1) is 11.3 Å². The molecule has 5 heteroatoms. The molecule has 19 heavy (non-hydrogen) atoms. The lowest BCUT2D eigenvalue weighted by Gasteiger charge is -2.34. The second-order valence-corrected chi connectivity index (χ2v) is 4.67. The van der Waals surface area contributed by atoms with Gasteiger partial charge in [-0.25, -0.2) is 0 Å². The highest BCUT2D eigenvalue weighted by molar-refractivity contribution is 5.95. The van der Waals surface area contributed by atoms with Gasteiger partial charge in [0.1, 0.15) is 0 Å². The van der Waals surface area contributed by atoms with Gasteiger partial charge in [0, 0.05) is 50.4 Å². The monoisotopic (exact) mass is 258 g/mol. The number of hydrogen-bond donors (Lipinski definition) is 1. The van der Waals surface area contributed by atoms with Crippen LogP contribution in [0.2, 0.25) is 0 Å². The lowest BCUT2D eigenvalue weighted by molar-refractivity contribution is 0.0640. The summed E-state index contributed by atoms with van der Waals surface area (Å²) in [5.41, 5.74) is 6.95. The Morgan fingerprint density at radius 3 is 2.68 bits per heavy atom. The summed E-state index contributed by atoms with van der Waals surface area (Å²) < 4.78 is 0. The average molecular weight is 258 g/mol. The fraction of sp³-hybridized carbons (Fsp3) is 0.429. The first-order chi connectivity index (χ1) is 9.20. The van der Waals surface area contributed by atoms with E-state index in [1.165, 1.54) is 0 Å². The van der Waals surface area contributed by atoms with Gasteiger partial charge in [-0.05, 0) is 18.2 Å². The predicted molar refractivity (Wildman–Crippen MR) is 73.4 cm³/mol. The first-order valence-corrected chi connectivity index (χ1v) is 6.45. The molecule has 0 aromatic heterocycles. The van der Waals surface area contributed by atoms with Crippen molar-refractivity contribution in [2.45, 2.75) is 6.42 Å². The molecule has 0 atom stereocenters. The molecule has 1 aromatic carbocycles.